The molecular weight excluding hydrogens is 466 g/mol. The van der Waals surface area contributed by atoms with E-state index in [4.69, 9.17) is 14.5 Å². The van der Waals surface area contributed by atoms with Crippen LogP contribution in [0.15, 0.2) is 67.4 Å². The highest BCUT2D eigenvalue weighted by Gasteiger charge is 2.14. The summed E-state index contributed by atoms with van der Waals surface area (Å²) in [4.78, 5) is 20.1. The highest BCUT2D eigenvalue weighted by molar-refractivity contribution is 5.83. The van der Waals surface area contributed by atoms with Crippen LogP contribution in [-0.2, 0) is 7.05 Å². The zero-order chi connectivity index (χ0) is 25.8. The summed E-state index contributed by atoms with van der Waals surface area (Å²) in [6.45, 7) is 2.28. The van der Waals surface area contributed by atoms with Gasteiger partial charge >= 0.3 is 0 Å². The van der Waals surface area contributed by atoms with Crippen molar-refractivity contribution in [3.63, 3.8) is 0 Å². The molecule has 0 fully saturated rings. The third kappa shape index (κ3) is 5.33. The molecule has 0 aliphatic heterocycles. The molecule has 9 heteroatoms. The molecule has 5 aromatic rings. The second kappa shape index (κ2) is 10.3. The molecule has 0 amide bonds. The first-order chi connectivity index (χ1) is 18.0. The fourth-order valence-electron chi connectivity index (χ4n) is 3.81. The van der Waals surface area contributed by atoms with Gasteiger partial charge in [0, 0.05) is 54.6 Å². The molecule has 0 bridgehead atoms. The van der Waals surface area contributed by atoms with Crippen molar-refractivity contribution >= 4 is 22.4 Å². The van der Waals surface area contributed by atoms with Gasteiger partial charge in [-0.15, -0.1) is 0 Å². The minimum absolute atomic E-state index is 0.382. The Balaban J connectivity index is 1.57. The van der Waals surface area contributed by atoms with E-state index in [0.29, 0.717) is 23.7 Å². The molecule has 0 spiro atoms. The molecule has 0 aliphatic carbocycles. The van der Waals surface area contributed by atoms with Crippen LogP contribution in [0.25, 0.3) is 22.3 Å². The Morgan fingerprint density at radius 2 is 1.68 bits per heavy atom. The minimum atomic E-state index is 0.382. The van der Waals surface area contributed by atoms with E-state index in [1.54, 1.807) is 43.7 Å². The van der Waals surface area contributed by atoms with E-state index < -0.39 is 0 Å². The first-order valence-corrected chi connectivity index (χ1v) is 11.6. The molecular formula is C28H25N7O2. The predicted molar refractivity (Wildman–Crippen MR) is 142 cm³/mol. The molecule has 3 aromatic heterocycles. The summed E-state index contributed by atoms with van der Waals surface area (Å²) < 4.78 is 12.8. The topological polar surface area (TPSA) is 91.1 Å². The summed E-state index contributed by atoms with van der Waals surface area (Å²) in [7, 11) is 5.13. The lowest BCUT2D eigenvalue weighted by Crippen LogP contribution is -2.17. The van der Waals surface area contributed by atoms with E-state index in [0.717, 1.165) is 39.4 Å². The van der Waals surface area contributed by atoms with Gasteiger partial charge in [0.25, 0.3) is 0 Å². The fraction of sp³-hybridized carbons (Fsp3) is 0.179. The van der Waals surface area contributed by atoms with Crippen LogP contribution >= 0.6 is 0 Å². The maximum absolute atomic E-state index is 5.51. The third-order valence-electron chi connectivity index (χ3n) is 5.72. The summed E-state index contributed by atoms with van der Waals surface area (Å²) in [5.41, 5.74) is 6.42. The number of aromatic nitrogens is 6. The van der Waals surface area contributed by atoms with E-state index in [9.17, 15) is 0 Å². The Labute approximate surface area is 214 Å². The van der Waals surface area contributed by atoms with Crippen LogP contribution in [0.3, 0.4) is 0 Å². The Morgan fingerprint density at radius 1 is 0.865 bits per heavy atom. The Bertz CT molecular complexity index is 1600. The number of hydrogen-bond donors (Lipinski definition) is 0. The number of hydrogen-bond acceptors (Lipinski definition) is 8. The lowest BCUT2D eigenvalue weighted by atomic mass is 10.2. The molecule has 5 rings (SSSR count). The van der Waals surface area contributed by atoms with Crippen LogP contribution in [0, 0.1) is 18.8 Å². The van der Waals surface area contributed by atoms with Crippen molar-refractivity contribution in [3.05, 3.63) is 78.8 Å². The van der Waals surface area contributed by atoms with Gasteiger partial charge in [-0.3, -0.25) is 14.6 Å². The Kier molecular flexibility index (Phi) is 6.64. The molecule has 3 heterocycles. The smallest absolute Gasteiger partial charge is 0.131 e. The number of anilines is 2. The minimum Gasteiger partial charge on any atom is -0.497 e. The Hall–Kier alpha value is -4.97. The highest BCUT2D eigenvalue weighted by Crippen LogP contribution is 2.34. The van der Waals surface area contributed by atoms with Crippen LogP contribution in [0.4, 0.5) is 11.4 Å². The third-order valence-corrected chi connectivity index (χ3v) is 5.72. The van der Waals surface area contributed by atoms with E-state index >= 15 is 0 Å². The SMILES string of the molecule is COc1cc(OC)cc(N(CC#Cc2cnc(C)cn2)c2ccc3ncc(-c4cnn(C)c4)nc3c2)c1. The first kappa shape index (κ1) is 23.8. The van der Waals surface area contributed by atoms with Gasteiger partial charge in [0.1, 0.15) is 17.2 Å². The van der Waals surface area contributed by atoms with Gasteiger partial charge in [-0.05, 0) is 31.0 Å². The molecule has 0 radical (unpaired) electrons. The lowest BCUT2D eigenvalue weighted by Gasteiger charge is -2.24. The zero-order valence-corrected chi connectivity index (χ0v) is 21.0. The van der Waals surface area contributed by atoms with Crippen molar-refractivity contribution in [1.82, 2.24) is 29.7 Å². The van der Waals surface area contributed by atoms with Crippen LogP contribution in [-0.4, -0.2) is 50.5 Å². The van der Waals surface area contributed by atoms with Gasteiger partial charge in [-0.1, -0.05) is 5.92 Å². The molecule has 0 atom stereocenters. The monoisotopic (exact) mass is 491 g/mol. The second-order valence-electron chi connectivity index (χ2n) is 8.33. The Morgan fingerprint density at radius 3 is 2.35 bits per heavy atom. The van der Waals surface area contributed by atoms with Gasteiger partial charge in [-0.25, -0.2) is 9.97 Å². The van der Waals surface area contributed by atoms with Crippen molar-refractivity contribution in [2.24, 2.45) is 7.05 Å². The summed E-state index contributed by atoms with van der Waals surface area (Å²) >= 11 is 0. The number of benzene rings is 2. The van der Waals surface area contributed by atoms with Gasteiger partial charge in [-0.2, -0.15) is 5.10 Å². The van der Waals surface area contributed by atoms with Gasteiger partial charge < -0.3 is 14.4 Å². The molecule has 184 valence electrons. The molecule has 9 nitrogen and oxygen atoms in total. The van der Waals surface area contributed by atoms with Crippen LogP contribution in [0.5, 0.6) is 11.5 Å². The van der Waals surface area contributed by atoms with Gasteiger partial charge in [0.15, 0.2) is 0 Å². The number of rotatable bonds is 6. The predicted octanol–water partition coefficient (Wildman–Crippen LogP) is 4.34. The molecule has 37 heavy (non-hydrogen) atoms. The van der Waals surface area contributed by atoms with Crippen LogP contribution in [0.1, 0.15) is 11.4 Å². The zero-order valence-electron chi connectivity index (χ0n) is 21.0. The van der Waals surface area contributed by atoms with E-state index in [1.165, 1.54) is 0 Å². The standard InChI is InChI=1S/C28H25N7O2/c1-19-14-30-21(16-29-19)6-5-9-35(23-10-24(36-3)13-25(11-23)37-4)22-7-8-26-27(12-22)33-28(17-31-26)20-15-32-34(2)18-20/h7-8,10-18H,9H2,1-4H3. The normalized spacial score (nSPS) is 10.6. The average molecular weight is 492 g/mol. The maximum Gasteiger partial charge on any atom is 0.131 e. The molecule has 0 saturated carbocycles. The van der Waals surface area contributed by atoms with Crippen molar-refractivity contribution < 1.29 is 9.47 Å². The van der Waals surface area contributed by atoms with Crippen molar-refractivity contribution in [2.75, 3.05) is 25.7 Å². The number of aryl methyl sites for hydroxylation is 2. The van der Waals surface area contributed by atoms with Crippen LogP contribution in [0.2, 0.25) is 0 Å². The van der Waals surface area contributed by atoms with E-state index in [1.807, 2.05) is 56.6 Å². The van der Waals surface area contributed by atoms with Crippen molar-refractivity contribution in [1.29, 1.82) is 0 Å². The van der Waals surface area contributed by atoms with E-state index in [2.05, 4.69) is 36.8 Å². The lowest BCUT2D eigenvalue weighted by molar-refractivity contribution is 0.394. The molecule has 0 N–H and O–H groups in total. The average Bonchev–Trinajstić information content (AvgIpc) is 3.37. The fourth-order valence-corrected chi connectivity index (χ4v) is 3.81. The number of ether oxygens (including phenoxy) is 2. The molecule has 2 aromatic carbocycles. The number of methoxy groups -OCH3 is 2. The summed E-state index contributed by atoms with van der Waals surface area (Å²) in [6, 6.07) is 11.7. The maximum atomic E-state index is 5.51. The molecule has 0 aliphatic rings. The number of fused-ring (bicyclic) bond motifs is 1. The summed E-state index contributed by atoms with van der Waals surface area (Å²) in [5.74, 6) is 7.68. The molecule has 0 unspecified atom stereocenters. The van der Waals surface area contributed by atoms with Crippen molar-refractivity contribution in [2.45, 2.75) is 6.92 Å². The quantitative estimate of drug-likeness (QED) is 0.324. The second-order valence-corrected chi connectivity index (χ2v) is 8.33. The number of nitrogens with zero attached hydrogens (tertiary/aromatic N) is 7. The van der Waals surface area contributed by atoms with Crippen molar-refractivity contribution in [3.8, 4) is 34.6 Å². The van der Waals surface area contributed by atoms with E-state index in [-0.39, 0.29) is 0 Å². The first-order valence-electron chi connectivity index (χ1n) is 11.6. The molecule has 0 saturated heterocycles. The van der Waals surface area contributed by atoms with Gasteiger partial charge in [0.05, 0.1) is 61.8 Å². The highest BCUT2D eigenvalue weighted by atomic mass is 16.5. The summed E-state index contributed by atoms with van der Waals surface area (Å²) in [6.07, 6.45) is 8.83. The summed E-state index contributed by atoms with van der Waals surface area (Å²) in [5, 5.41) is 4.25. The van der Waals surface area contributed by atoms with Gasteiger partial charge in [0.2, 0.25) is 0 Å². The van der Waals surface area contributed by atoms with Crippen LogP contribution < -0.4 is 14.4 Å². The largest absolute Gasteiger partial charge is 0.497 e.